The minimum atomic E-state index is 0.0543. The van der Waals surface area contributed by atoms with Crippen LogP contribution in [0, 0.1) is 0 Å². The molecule has 0 spiro atoms. The quantitative estimate of drug-likeness (QED) is 0.654. The van der Waals surface area contributed by atoms with Crippen LogP contribution in [0.15, 0.2) is 28.7 Å². The summed E-state index contributed by atoms with van der Waals surface area (Å²) in [6, 6.07) is 8.21. The molecule has 6 heteroatoms. The molecule has 3 N–H and O–H groups in total. The first-order chi connectivity index (χ1) is 8.76. The van der Waals surface area contributed by atoms with E-state index in [-0.39, 0.29) is 6.04 Å². The van der Waals surface area contributed by atoms with E-state index in [0.717, 1.165) is 27.9 Å². The van der Waals surface area contributed by atoms with Gasteiger partial charge in [-0.05, 0) is 36.0 Å². The summed E-state index contributed by atoms with van der Waals surface area (Å²) >= 11 is 4.97. The lowest BCUT2D eigenvalue weighted by Crippen LogP contribution is -2.29. The Morgan fingerprint density at radius 1 is 1.44 bits per heavy atom. The van der Waals surface area contributed by atoms with Gasteiger partial charge in [0.15, 0.2) is 0 Å². The Hall–Kier alpha value is -0.820. The van der Waals surface area contributed by atoms with Crippen molar-refractivity contribution in [3.63, 3.8) is 0 Å². The zero-order chi connectivity index (χ0) is 13.0. The van der Waals surface area contributed by atoms with Gasteiger partial charge in [-0.25, -0.2) is 0 Å². The maximum atomic E-state index is 5.67. The zero-order valence-electron chi connectivity index (χ0n) is 10.1. The van der Waals surface area contributed by atoms with Crippen molar-refractivity contribution in [1.82, 2.24) is 15.0 Å². The number of nitrogens with zero attached hydrogens (tertiary/aromatic N) is 2. The molecule has 2 rings (SSSR count). The van der Waals surface area contributed by atoms with E-state index in [1.807, 2.05) is 18.2 Å². The van der Waals surface area contributed by atoms with Gasteiger partial charge in [0.1, 0.15) is 0 Å². The molecule has 0 saturated heterocycles. The number of nitrogens with two attached hydrogens (primary N) is 1. The molecule has 4 nitrogen and oxygen atoms in total. The number of hydrogen-bond donors (Lipinski definition) is 2. The molecule has 1 heterocycles. The van der Waals surface area contributed by atoms with Crippen LogP contribution >= 0.6 is 27.5 Å². The maximum Gasteiger partial charge on any atom is 0.0801 e. The van der Waals surface area contributed by atoms with Gasteiger partial charge in [-0.1, -0.05) is 45.5 Å². The molecule has 0 radical (unpaired) electrons. The van der Waals surface area contributed by atoms with Crippen LogP contribution in [0.4, 0.5) is 0 Å². The van der Waals surface area contributed by atoms with E-state index in [1.165, 1.54) is 17.1 Å². The van der Waals surface area contributed by atoms with E-state index >= 15 is 0 Å². The van der Waals surface area contributed by atoms with E-state index in [1.54, 1.807) is 0 Å². The van der Waals surface area contributed by atoms with Crippen LogP contribution in [0.25, 0.3) is 0 Å². The second kappa shape index (κ2) is 6.38. The third kappa shape index (κ3) is 2.95. The smallest absolute Gasteiger partial charge is 0.0801 e. The highest BCUT2D eigenvalue weighted by Gasteiger charge is 2.18. The van der Waals surface area contributed by atoms with Crippen LogP contribution in [0.2, 0.25) is 0 Å². The Morgan fingerprint density at radius 2 is 2.22 bits per heavy atom. The fraction of sp³-hybridized carbons (Fsp3) is 0.333. The minimum Gasteiger partial charge on any atom is -0.271 e. The lowest BCUT2D eigenvalue weighted by atomic mass is 10.0. The summed E-state index contributed by atoms with van der Waals surface area (Å²) in [6.45, 7) is 2.08. The number of aryl methyl sites for hydroxylation is 1. The van der Waals surface area contributed by atoms with Crippen LogP contribution < -0.4 is 11.3 Å². The fourth-order valence-corrected chi connectivity index (χ4v) is 3.08. The van der Waals surface area contributed by atoms with Gasteiger partial charge in [0.25, 0.3) is 0 Å². The van der Waals surface area contributed by atoms with Crippen LogP contribution in [0.1, 0.15) is 29.1 Å². The van der Waals surface area contributed by atoms with Crippen LogP contribution in [0.3, 0.4) is 0 Å². The SMILES string of the molecule is CCc1nnsc1C(Cc1ccccc1Br)NN. The monoisotopic (exact) mass is 326 g/mol. The van der Waals surface area contributed by atoms with Gasteiger partial charge in [-0.2, -0.15) is 0 Å². The standard InChI is InChI=1S/C12H15BrN4S/c1-2-10-12(18-17-16-10)11(15-14)7-8-5-3-4-6-9(8)13/h3-6,11,15H,2,7,14H2,1H3. The van der Waals surface area contributed by atoms with Crippen molar-refractivity contribution in [1.29, 1.82) is 0 Å². The highest BCUT2D eigenvalue weighted by atomic mass is 79.9. The molecule has 0 aliphatic rings. The van der Waals surface area contributed by atoms with E-state index in [4.69, 9.17) is 5.84 Å². The van der Waals surface area contributed by atoms with Gasteiger partial charge in [-0.15, -0.1) is 5.10 Å². The summed E-state index contributed by atoms with van der Waals surface area (Å²) in [6.07, 6.45) is 1.69. The highest BCUT2D eigenvalue weighted by Crippen LogP contribution is 2.26. The Kier molecular flexibility index (Phi) is 4.82. The number of halogens is 1. The number of rotatable bonds is 5. The van der Waals surface area contributed by atoms with Gasteiger partial charge in [0.05, 0.1) is 16.6 Å². The fourth-order valence-electron chi connectivity index (χ4n) is 1.84. The van der Waals surface area contributed by atoms with E-state index in [2.05, 4.69) is 43.9 Å². The molecular weight excluding hydrogens is 312 g/mol. The van der Waals surface area contributed by atoms with Gasteiger partial charge in [-0.3, -0.25) is 11.3 Å². The van der Waals surface area contributed by atoms with Crippen molar-refractivity contribution in [3.05, 3.63) is 44.9 Å². The normalized spacial score (nSPS) is 12.6. The average Bonchev–Trinajstić information content (AvgIpc) is 2.86. The van der Waals surface area contributed by atoms with Crippen LogP contribution in [-0.4, -0.2) is 9.59 Å². The van der Waals surface area contributed by atoms with Crippen molar-refractivity contribution >= 4 is 27.5 Å². The van der Waals surface area contributed by atoms with E-state index in [0.29, 0.717) is 0 Å². The summed E-state index contributed by atoms with van der Waals surface area (Å²) in [4.78, 5) is 1.12. The number of hydrazine groups is 1. The summed E-state index contributed by atoms with van der Waals surface area (Å²) in [5.74, 6) is 5.67. The maximum absolute atomic E-state index is 5.67. The molecule has 1 atom stereocenters. The van der Waals surface area contributed by atoms with Crippen molar-refractivity contribution in [2.45, 2.75) is 25.8 Å². The van der Waals surface area contributed by atoms with E-state index < -0.39 is 0 Å². The molecule has 96 valence electrons. The number of benzene rings is 1. The summed E-state index contributed by atoms with van der Waals surface area (Å²) < 4.78 is 5.11. The largest absolute Gasteiger partial charge is 0.271 e. The predicted molar refractivity (Wildman–Crippen MR) is 77.2 cm³/mol. The van der Waals surface area contributed by atoms with Crippen molar-refractivity contribution in [2.24, 2.45) is 5.84 Å². The summed E-state index contributed by atoms with van der Waals surface area (Å²) in [5, 5.41) is 4.13. The molecule has 0 amide bonds. The third-order valence-corrected chi connectivity index (χ3v) is 4.47. The molecule has 0 fully saturated rings. The van der Waals surface area contributed by atoms with Crippen LogP contribution in [0.5, 0.6) is 0 Å². The summed E-state index contributed by atoms with van der Waals surface area (Å²) in [7, 11) is 0. The Balaban J connectivity index is 2.23. The first-order valence-corrected chi connectivity index (χ1v) is 7.33. The highest BCUT2D eigenvalue weighted by molar-refractivity contribution is 9.10. The Labute approximate surface area is 119 Å². The molecule has 0 bridgehead atoms. The summed E-state index contributed by atoms with van der Waals surface area (Å²) in [5.41, 5.74) is 5.11. The first kappa shape index (κ1) is 13.6. The molecule has 18 heavy (non-hydrogen) atoms. The molecule has 2 aromatic rings. The van der Waals surface area contributed by atoms with Crippen molar-refractivity contribution in [3.8, 4) is 0 Å². The van der Waals surface area contributed by atoms with Gasteiger partial charge in [0, 0.05) is 4.47 Å². The van der Waals surface area contributed by atoms with Crippen LogP contribution in [-0.2, 0) is 12.8 Å². The predicted octanol–water partition coefficient (Wildman–Crippen LogP) is 2.61. The molecule has 0 saturated carbocycles. The number of nitrogens with one attached hydrogen (secondary N) is 1. The topological polar surface area (TPSA) is 63.8 Å². The van der Waals surface area contributed by atoms with Crippen molar-refractivity contribution in [2.75, 3.05) is 0 Å². The molecule has 0 aliphatic carbocycles. The molecular formula is C12H15BrN4S. The lowest BCUT2D eigenvalue weighted by Gasteiger charge is -2.15. The molecule has 1 aromatic carbocycles. The average molecular weight is 327 g/mol. The molecule has 0 aliphatic heterocycles. The minimum absolute atomic E-state index is 0.0543. The zero-order valence-corrected chi connectivity index (χ0v) is 12.5. The molecule has 1 aromatic heterocycles. The van der Waals surface area contributed by atoms with Gasteiger partial charge < -0.3 is 0 Å². The second-order valence-corrected chi connectivity index (χ2v) is 5.59. The van der Waals surface area contributed by atoms with E-state index in [9.17, 15) is 0 Å². The third-order valence-electron chi connectivity index (χ3n) is 2.82. The molecule has 1 unspecified atom stereocenters. The number of aromatic nitrogens is 2. The van der Waals surface area contributed by atoms with Gasteiger partial charge in [0.2, 0.25) is 0 Å². The number of hydrogen-bond acceptors (Lipinski definition) is 5. The lowest BCUT2D eigenvalue weighted by molar-refractivity contribution is 0.554. The first-order valence-electron chi connectivity index (χ1n) is 5.77. The van der Waals surface area contributed by atoms with Crippen molar-refractivity contribution < 1.29 is 0 Å². The Morgan fingerprint density at radius 3 is 2.89 bits per heavy atom. The Bertz CT molecular complexity index is 514. The van der Waals surface area contributed by atoms with Gasteiger partial charge >= 0.3 is 0 Å². The second-order valence-electron chi connectivity index (χ2n) is 3.95.